The molecule has 61 heavy (non-hydrogen) atoms. The number of anilines is 3. The summed E-state index contributed by atoms with van der Waals surface area (Å²) >= 11 is 0. The molecule has 0 fully saturated rings. The molecule has 10 rings (SSSR count). The first-order valence-electron chi connectivity index (χ1n) is 22.4. The molecular weight excluding hydrogens is 739 g/mol. The number of aryl methyl sites for hydroxylation is 1. The van der Waals surface area contributed by atoms with E-state index in [4.69, 9.17) is 4.42 Å². The first-order valence-corrected chi connectivity index (χ1v) is 22.4. The van der Waals surface area contributed by atoms with Gasteiger partial charge in [-0.3, -0.25) is 0 Å². The molecule has 2 heteroatoms. The van der Waals surface area contributed by atoms with Gasteiger partial charge < -0.3 is 9.32 Å². The fourth-order valence-electron chi connectivity index (χ4n) is 10.7. The van der Waals surface area contributed by atoms with Crippen LogP contribution in [0.3, 0.4) is 0 Å². The van der Waals surface area contributed by atoms with Crippen LogP contribution in [0.1, 0.15) is 133 Å². The smallest absolute Gasteiger partial charge is 0.143 e. The largest absolute Gasteiger partial charge is 0.455 e. The second kappa shape index (κ2) is 13.6. The summed E-state index contributed by atoms with van der Waals surface area (Å²) < 4.78 is 7.11. The van der Waals surface area contributed by atoms with Gasteiger partial charge in [-0.2, -0.15) is 0 Å². The first kappa shape index (κ1) is 39.3. The summed E-state index contributed by atoms with van der Waals surface area (Å²) in [4.78, 5) is 2.54. The third-order valence-corrected chi connectivity index (χ3v) is 14.3. The summed E-state index contributed by atoms with van der Waals surface area (Å²) in [5.41, 5.74) is 23.5. The number of fused-ring (bicyclic) bond motifs is 9. The SMILES string of the molecule is Cc1cccc(-c2cccc3c2oc2c(C(C)C)cc(C(C)C)cc23)c1N(c1ccc2c(c1)C(C)(C)c1ccccc1-2)c1ccc2c(c1)C(C)(C)c1cc(C(C)(C)C)ccc1-2. The molecule has 1 aromatic heterocycles. The molecule has 2 aliphatic carbocycles. The fraction of sp³-hybridized carbons (Fsp3) is 0.288. The third kappa shape index (κ3) is 5.89. The molecule has 8 aromatic rings. The number of furan rings is 1. The molecule has 2 nitrogen and oxygen atoms in total. The van der Waals surface area contributed by atoms with Crippen molar-refractivity contribution in [3.63, 3.8) is 0 Å². The highest BCUT2D eigenvalue weighted by molar-refractivity contribution is 6.12. The highest BCUT2D eigenvalue weighted by atomic mass is 16.3. The topological polar surface area (TPSA) is 16.4 Å². The van der Waals surface area contributed by atoms with Gasteiger partial charge in [0.15, 0.2) is 0 Å². The van der Waals surface area contributed by atoms with Gasteiger partial charge >= 0.3 is 0 Å². The van der Waals surface area contributed by atoms with E-state index >= 15 is 0 Å². The van der Waals surface area contributed by atoms with Crippen molar-refractivity contribution in [2.24, 2.45) is 0 Å². The summed E-state index contributed by atoms with van der Waals surface area (Å²) in [5.74, 6) is 0.753. The van der Waals surface area contributed by atoms with Gasteiger partial charge in [-0.1, -0.05) is 173 Å². The summed E-state index contributed by atoms with van der Waals surface area (Å²) in [6, 6.07) is 48.8. The first-order chi connectivity index (χ1) is 29.0. The Hall–Kier alpha value is -5.86. The lowest BCUT2D eigenvalue weighted by molar-refractivity contribution is 0.584. The maximum absolute atomic E-state index is 7.11. The van der Waals surface area contributed by atoms with Crippen molar-refractivity contribution in [1.29, 1.82) is 0 Å². The van der Waals surface area contributed by atoms with Crippen LogP contribution < -0.4 is 4.90 Å². The molecule has 306 valence electrons. The summed E-state index contributed by atoms with van der Waals surface area (Å²) in [6.07, 6.45) is 0. The molecule has 0 radical (unpaired) electrons. The number of nitrogens with zero attached hydrogens (tertiary/aromatic N) is 1. The average molecular weight is 798 g/mol. The van der Waals surface area contributed by atoms with Gasteiger partial charge in [0.05, 0.1) is 5.69 Å². The van der Waals surface area contributed by atoms with E-state index in [1.54, 1.807) is 0 Å². The van der Waals surface area contributed by atoms with E-state index in [1.165, 1.54) is 83.2 Å². The quantitative estimate of drug-likeness (QED) is 0.167. The molecule has 0 aliphatic heterocycles. The van der Waals surface area contributed by atoms with Crippen LogP contribution >= 0.6 is 0 Å². The van der Waals surface area contributed by atoms with Crippen molar-refractivity contribution in [3.05, 3.63) is 172 Å². The molecule has 0 unspecified atom stereocenters. The second-order valence-corrected chi connectivity index (χ2v) is 20.7. The van der Waals surface area contributed by atoms with Gasteiger partial charge in [-0.25, -0.2) is 0 Å². The van der Waals surface area contributed by atoms with Crippen molar-refractivity contribution in [2.45, 2.75) is 111 Å². The average Bonchev–Trinajstić information content (AvgIpc) is 3.80. The molecule has 0 saturated carbocycles. The van der Waals surface area contributed by atoms with Crippen LogP contribution in [-0.2, 0) is 16.2 Å². The molecule has 1 heterocycles. The van der Waals surface area contributed by atoms with E-state index in [0.29, 0.717) is 11.8 Å². The van der Waals surface area contributed by atoms with Gasteiger partial charge in [-0.15, -0.1) is 0 Å². The number of rotatable bonds is 6. The standard InChI is InChI=1S/C59H59NO/c1-34(2)37-29-48(35(3)4)56-49(30-37)47-21-16-20-46(55(47)61-56)45-19-15-17-36(5)54(45)60(39-24-27-43-41-18-13-14-22-50(41)58(9,10)52(43)32-39)40-25-28-44-42-26-23-38(57(6,7)8)31-51(42)59(11,12)53(44)33-40/h13-35H,1-12H3. The van der Waals surface area contributed by atoms with Crippen LogP contribution in [0.25, 0.3) is 55.3 Å². The lowest BCUT2D eigenvalue weighted by Gasteiger charge is -2.32. The Bertz CT molecular complexity index is 3090. The fourth-order valence-corrected chi connectivity index (χ4v) is 10.7. The second-order valence-electron chi connectivity index (χ2n) is 20.7. The van der Waals surface area contributed by atoms with E-state index in [-0.39, 0.29) is 16.2 Å². The molecule has 0 N–H and O–H groups in total. The Balaban J connectivity index is 1.23. The van der Waals surface area contributed by atoms with Crippen molar-refractivity contribution < 1.29 is 4.42 Å². The Morgan fingerprint density at radius 3 is 1.69 bits per heavy atom. The van der Waals surface area contributed by atoms with Gasteiger partial charge in [0.1, 0.15) is 11.2 Å². The van der Waals surface area contributed by atoms with E-state index in [9.17, 15) is 0 Å². The zero-order valence-corrected chi connectivity index (χ0v) is 38.1. The molecule has 2 aliphatic rings. The molecule has 0 saturated heterocycles. The van der Waals surface area contributed by atoms with Crippen LogP contribution in [0, 0.1) is 6.92 Å². The van der Waals surface area contributed by atoms with Crippen LogP contribution in [0.4, 0.5) is 17.1 Å². The lowest BCUT2D eigenvalue weighted by Crippen LogP contribution is -2.19. The normalized spacial score (nSPS) is 14.8. The number of hydrogen-bond acceptors (Lipinski definition) is 2. The monoisotopic (exact) mass is 797 g/mol. The van der Waals surface area contributed by atoms with Crippen molar-refractivity contribution in [3.8, 4) is 33.4 Å². The van der Waals surface area contributed by atoms with Crippen molar-refractivity contribution in [1.82, 2.24) is 0 Å². The Morgan fingerprint density at radius 1 is 0.492 bits per heavy atom. The minimum absolute atomic E-state index is 0.0693. The zero-order chi connectivity index (χ0) is 42.9. The molecular formula is C59H59NO. The van der Waals surface area contributed by atoms with E-state index in [0.717, 1.165) is 33.7 Å². The Morgan fingerprint density at radius 2 is 1.05 bits per heavy atom. The number of benzene rings is 7. The predicted octanol–water partition coefficient (Wildman–Crippen LogP) is 17.2. The van der Waals surface area contributed by atoms with Crippen LogP contribution in [0.5, 0.6) is 0 Å². The van der Waals surface area contributed by atoms with Gasteiger partial charge in [-0.05, 0) is 121 Å². The highest BCUT2D eigenvalue weighted by Gasteiger charge is 2.39. The third-order valence-electron chi connectivity index (χ3n) is 14.3. The summed E-state index contributed by atoms with van der Waals surface area (Å²) in [7, 11) is 0. The molecule has 0 amide bonds. The Kier molecular flexibility index (Phi) is 8.74. The zero-order valence-electron chi connectivity index (χ0n) is 38.1. The van der Waals surface area contributed by atoms with Crippen molar-refractivity contribution in [2.75, 3.05) is 4.90 Å². The number of hydrogen-bond donors (Lipinski definition) is 0. The van der Waals surface area contributed by atoms with Gasteiger partial charge in [0.25, 0.3) is 0 Å². The summed E-state index contributed by atoms with van der Waals surface area (Å²) in [5, 5.41) is 2.37. The van der Waals surface area contributed by atoms with Crippen LogP contribution in [-0.4, -0.2) is 0 Å². The molecule has 0 bridgehead atoms. The molecule has 0 atom stereocenters. The van der Waals surface area contributed by atoms with Crippen LogP contribution in [0.15, 0.2) is 132 Å². The highest BCUT2D eigenvalue weighted by Crippen LogP contribution is 2.55. The van der Waals surface area contributed by atoms with Gasteiger partial charge in [0, 0.05) is 44.1 Å². The minimum atomic E-state index is -0.174. The minimum Gasteiger partial charge on any atom is -0.455 e. The van der Waals surface area contributed by atoms with E-state index < -0.39 is 0 Å². The maximum atomic E-state index is 7.11. The van der Waals surface area contributed by atoms with Crippen molar-refractivity contribution >= 4 is 39.0 Å². The van der Waals surface area contributed by atoms with Crippen LogP contribution in [0.2, 0.25) is 0 Å². The van der Waals surface area contributed by atoms with Gasteiger partial charge in [0.2, 0.25) is 0 Å². The number of para-hydroxylation sites is 2. The maximum Gasteiger partial charge on any atom is 0.143 e. The lowest BCUT2D eigenvalue weighted by atomic mass is 9.79. The van der Waals surface area contributed by atoms with E-state index in [2.05, 4.69) is 215 Å². The molecule has 0 spiro atoms. The summed E-state index contributed by atoms with van der Waals surface area (Å²) in [6.45, 7) is 27.9. The molecule has 7 aromatic carbocycles. The Labute approximate surface area is 363 Å². The predicted molar refractivity (Wildman–Crippen MR) is 261 cm³/mol. The van der Waals surface area contributed by atoms with E-state index in [1.807, 2.05) is 0 Å².